The Morgan fingerprint density at radius 2 is 2.14 bits per heavy atom. The molecule has 2 N–H and O–H groups in total. The number of carboxylic acid groups (broad SMARTS) is 1. The molecule has 2 rings (SSSR count). The van der Waals surface area contributed by atoms with E-state index in [2.05, 4.69) is 10.3 Å². The van der Waals surface area contributed by atoms with E-state index >= 15 is 0 Å². The minimum absolute atomic E-state index is 0.0608. The smallest absolute Gasteiger partial charge is 0.305 e. The van der Waals surface area contributed by atoms with Gasteiger partial charge >= 0.3 is 5.97 Å². The first-order valence-corrected chi connectivity index (χ1v) is 6.97. The molecular weight excluding hydrogens is 268 g/mol. The number of benzene rings is 1. The van der Waals surface area contributed by atoms with Gasteiger partial charge in [-0.2, -0.15) is 0 Å². The van der Waals surface area contributed by atoms with Crippen molar-refractivity contribution in [1.82, 2.24) is 10.3 Å². The molecule has 0 aliphatic heterocycles. The fraction of sp³-hybridized carbons (Fsp3) is 0.312. The fourth-order valence-electron chi connectivity index (χ4n) is 2.27. The van der Waals surface area contributed by atoms with E-state index in [1.165, 1.54) is 0 Å². The van der Waals surface area contributed by atoms with Gasteiger partial charge in [0.2, 0.25) is 0 Å². The number of hydrogen-bond donors (Lipinski definition) is 2. The number of aromatic nitrogens is 1. The quantitative estimate of drug-likeness (QED) is 0.855. The summed E-state index contributed by atoms with van der Waals surface area (Å²) in [5, 5.41) is 12.6. The summed E-state index contributed by atoms with van der Waals surface area (Å²) >= 11 is 0. The van der Waals surface area contributed by atoms with Gasteiger partial charge in [-0.15, -0.1) is 0 Å². The lowest BCUT2D eigenvalue weighted by Crippen LogP contribution is -2.36. The van der Waals surface area contributed by atoms with E-state index < -0.39 is 5.97 Å². The molecule has 0 saturated heterocycles. The fourth-order valence-corrected chi connectivity index (χ4v) is 2.27. The Morgan fingerprint density at radius 3 is 2.86 bits per heavy atom. The molecule has 0 bridgehead atoms. The predicted octanol–water partition coefficient (Wildman–Crippen LogP) is 2.61. The van der Waals surface area contributed by atoms with Crippen LogP contribution in [0.25, 0.3) is 10.9 Å². The summed E-state index contributed by atoms with van der Waals surface area (Å²) in [4.78, 5) is 27.3. The van der Waals surface area contributed by atoms with Gasteiger partial charge < -0.3 is 10.4 Å². The van der Waals surface area contributed by atoms with Gasteiger partial charge in [0, 0.05) is 23.2 Å². The first-order chi connectivity index (χ1) is 10.1. The average Bonchev–Trinajstić information content (AvgIpc) is 2.46. The molecule has 1 unspecified atom stereocenters. The van der Waals surface area contributed by atoms with Crippen LogP contribution in [0.5, 0.6) is 0 Å². The number of hydrogen-bond acceptors (Lipinski definition) is 3. The van der Waals surface area contributed by atoms with E-state index in [0.29, 0.717) is 12.0 Å². The second-order valence-corrected chi connectivity index (χ2v) is 4.97. The van der Waals surface area contributed by atoms with Crippen molar-refractivity contribution in [2.75, 3.05) is 0 Å². The second-order valence-electron chi connectivity index (χ2n) is 4.97. The van der Waals surface area contributed by atoms with Crippen LogP contribution in [0.3, 0.4) is 0 Å². The highest BCUT2D eigenvalue weighted by molar-refractivity contribution is 5.98. The van der Waals surface area contributed by atoms with Gasteiger partial charge in [0.1, 0.15) is 0 Å². The number of rotatable bonds is 6. The minimum atomic E-state index is -0.906. The standard InChI is InChI=1S/C16H18N2O3/c1-2-4-13(10-15(19)20)18-16(21)12-6-7-14-11(9-12)5-3-8-17-14/h3,5-9,13H,2,4,10H2,1H3,(H,18,21)(H,19,20). The number of pyridine rings is 1. The number of carboxylic acids is 1. The Bertz CT molecular complexity index is 655. The maximum Gasteiger partial charge on any atom is 0.305 e. The van der Waals surface area contributed by atoms with E-state index in [9.17, 15) is 9.59 Å². The van der Waals surface area contributed by atoms with Crippen LogP contribution in [0.2, 0.25) is 0 Å². The van der Waals surface area contributed by atoms with Crippen LogP contribution in [-0.2, 0) is 4.79 Å². The zero-order valence-electron chi connectivity index (χ0n) is 11.9. The molecule has 1 atom stereocenters. The summed E-state index contributed by atoms with van der Waals surface area (Å²) in [6.07, 6.45) is 3.11. The van der Waals surface area contributed by atoms with Gasteiger partial charge in [-0.05, 0) is 30.7 Å². The Labute approximate surface area is 123 Å². The van der Waals surface area contributed by atoms with Crippen molar-refractivity contribution < 1.29 is 14.7 Å². The average molecular weight is 286 g/mol. The highest BCUT2D eigenvalue weighted by Crippen LogP contribution is 2.14. The van der Waals surface area contributed by atoms with E-state index in [0.717, 1.165) is 17.3 Å². The van der Waals surface area contributed by atoms with E-state index in [1.54, 1.807) is 24.4 Å². The van der Waals surface area contributed by atoms with Crippen molar-refractivity contribution in [1.29, 1.82) is 0 Å². The van der Waals surface area contributed by atoms with Crippen LogP contribution >= 0.6 is 0 Å². The van der Waals surface area contributed by atoms with Gasteiger partial charge in [-0.1, -0.05) is 19.4 Å². The summed E-state index contributed by atoms with van der Waals surface area (Å²) in [6.45, 7) is 1.96. The van der Waals surface area contributed by atoms with Crippen molar-refractivity contribution in [2.24, 2.45) is 0 Å². The number of nitrogens with one attached hydrogen (secondary N) is 1. The molecule has 21 heavy (non-hydrogen) atoms. The number of carbonyl (C=O) groups is 2. The molecule has 5 nitrogen and oxygen atoms in total. The number of carbonyl (C=O) groups excluding carboxylic acids is 1. The summed E-state index contributed by atoms with van der Waals surface area (Å²) in [7, 11) is 0. The summed E-state index contributed by atoms with van der Waals surface area (Å²) in [5.41, 5.74) is 1.34. The van der Waals surface area contributed by atoms with Crippen molar-refractivity contribution in [3.63, 3.8) is 0 Å². The second kappa shape index (κ2) is 6.83. The van der Waals surface area contributed by atoms with Gasteiger partial charge in [0.25, 0.3) is 5.91 Å². The normalized spacial score (nSPS) is 12.0. The third kappa shape index (κ3) is 4.02. The van der Waals surface area contributed by atoms with Crippen LogP contribution in [0.1, 0.15) is 36.5 Å². The number of fused-ring (bicyclic) bond motifs is 1. The molecule has 0 radical (unpaired) electrons. The highest BCUT2D eigenvalue weighted by atomic mass is 16.4. The van der Waals surface area contributed by atoms with E-state index in [4.69, 9.17) is 5.11 Å². The zero-order valence-corrected chi connectivity index (χ0v) is 11.9. The third-order valence-corrected chi connectivity index (χ3v) is 3.26. The van der Waals surface area contributed by atoms with Crippen molar-refractivity contribution >= 4 is 22.8 Å². The molecular formula is C16H18N2O3. The van der Waals surface area contributed by atoms with Crippen molar-refractivity contribution in [3.8, 4) is 0 Å². The minimum Gasteiger partial charge on any atom is -0.481 e. The molecule has 1 amide bonds. The molecule has 1 aromatic carbocycles. The van der Waals surface area contributed by atoms with Crippen LogP contribution in [0.15, 0.2) is 36.5 Å². The lowest BCUT2D eigenvalue weighted by atomic mass is 10.1. The monoisotopic (exact) mass is 286 g/mol. The maximum atomic E-state index is 12.2. The topological polar surface area (TPSA) is 79.3 Å². The first kappa shape index (κ1) is 15.0. The molecule has 2 aromatic rings. The molecule has 0 aliphatic carbocycles. The van der Waals surface area contributed by atoms with E-state index in [1.807, 2.05) is 19.1 Å². The lowest BCUT2D eigenvalue weighted by Gasteiger charge is -2.16. The Hall–Kier alpha value is -2.43. The Kier molecular flexibility index (Phi) is 4.87. The van der Waals surface area contributed by atoms with E-state index in [-0.39, 0.29) is 18.4 Å². The van der Waals surface area contributed by atoms with Crippen molar-refractivity contribution in [2.45, 2.75) is 32.2 Å². The SMILES string of the molecule is CCCC(CC(=O)O)NC(=O)c1ccc2ncccc2c1. The van der Waals surface area contributed by atoms with Crippen LogP contribution in [-0.4, -0.2) is 28.0 Å². The van der Waals surface area contributed by atoms with Crippen molar-refractivity contribution in [3.05, 3.63) is 42.1 Å². The predicted molar refractivity (Wildman–Crippen MR) is 80.2 cm³/mol. The maximum absolute atomic E-state index is 12.2. The number of aliphatic carboxylic acids is 1. The number of nitrogens with zero attached hydrogens (tertiary/aromatic N) is 1. The van der Waals surface area contributed by atoms with Gasteiger partial charge in [-0.3, -0.25) is 14.6 Å². The van der Waals surface area contributed by atoms with Crippen LogP contribution < -0.4 is 5.32 Å². The van der Waals surface area contributed by atoms with Gasteiger partial charge in [0.05, 0.1) is 11.9 Å². The molecule has 0 spiro atoms. The molecule has 5 heteroatoms. The Balaban J connectivity index is 2.14. The summed E-state index contributed by atoms with van der Waals surface area (Å²) in [5.74, 6) is -1.16. The summed E-state index contributed by atoms with van der Waals surface area (Å²) < 4.78 is 0. The summed E-state index contributed by atoms with van der Waals surface area (Å²) in [6, 6.07) is 8.62. The molecule has 0 fully saturated rings. The molecule has 0 saturated carbocycles. The largest absolute Gasteiger partial charge is 0.481 e. The molecule has 0 aliphatic rings. The van der Waals surface area contributed by atoms with Gasteiger partial charge in [-0.25, -0.2) is 0 Å². The Morgan fingerprint density at radius 1 is 1.33 bits per heavy atom. The third-order valence-electron chi connectivity index (χ3n) is 3.26. The first-order valence-electron chi connectivity index (χ1n) is 6.97. The zero-order chi connectivity index (χ0) is 15.2. The molecule has 110 valence electrons. The number of amides is 1. The molecule has 1 aromatic heterocycles. The van der Waals surface area contributed by atoms with Crippen LogP contribution in [0, 0.1) is 0 Å². The van der Waals surface area contributed by atoms with Gasteiger partial charge in [0.15, 0.2) is 0 Å². The molecule has 1 heterocycles. The highest BCUT2D eigenvalue weighted by Gasteiger charge is 2.16. The lowest BCUT2D eigenvalue weighted by molar-refractivity contribution is -0.137. The van der Waals surface area contributed by atoms with Crippen LogP contribution in [0.4, 0.5) is 0 Å².